The Hall–Kier alpha value is -1.06. The number of methoxy groups -OCH3 is 1. The van der Waals surface area contributed by atoms with Gasteiger partial charge in [0.1, 0.15) is 5.75 Å². The van der Waals surface area contributed by atoms with Crippen LogP contribution in [0, 0.1) is 17.4 Å². The van der Waals surface area contributed by atoms with Gasteiger partial charge in [-0.25, -0.2) is 12.4 Å². The van der Waals surface area contributed by atoms with E-state index in [-0.39, 0.29) is 4.90 Å². The Bertz CT molecular complexity index is 1040. The van der Waals surface area contributed by atoms with Crippen molar-refractivity contribution in [3.05, 3.63) is 55.7 Å². The number of fused-ring (bicyclic) bond motifs is 1. The normalized spacial score (nSPS) is 11.9. The Balaban J connectivity index is 2.36. The molecule has 2 aromatic carbocycles. The lowest BCUT2D eigenvalue weighted by Gasteiger charge is -2.11. The van der Waals surface area contributed by atoms with E-state index in [0.29, 0.717) is 17.0 Å². The first-order valence-electron chi connectivity index (χ1n) is 7.14. The number of aryl methyl sites for hydroxylation is 1. The summed E-state index contributed by atoms with van der Waals surface area (Å²) in [6.07, 6.45) is 0. The maximum absolute atomic E-state index is 13.2. The Morgan fingerprint density at radius 2 is 1.71 bits per heavy atom. The molecule has 1 aromatic heterocycles. The molecule has 0 aliphatic rings. The predicted octanol–water partition coefficient (Wildman–Crippen LogP) is 4.87. The van der Waals surface area contributed by atoms with Crippen LogP contribution in [0.3, 0.4) is 0 Å². The second kappa shape index (κ2) is 6.34. The van der Waals surface area contributed by atoms with Gasteiger partial charge in [0.05, 0.1) is 21.1 Å². The lowest BCUT2D eigenvalue weighted by Crippen LogP contribution is -2.14. The van der Waals surface area contributed by atoms with Gasteiger partial charge in [-0.3, -0.25) is 0 Å². The number of nitrogens with zero attached hydrogens (tertiary/aromatic N) is 1. The van der Waals surface area contributed by atoms with Crippen molar-refractivity contribution in [3.63, 3.8) is 0 Å². The number of rotatable bonds is 3. The zero-order valence-electron chi connectivity index (χ0n) is 13.3. The van der Waals surface area contributed by atoms with E-state index in [0.717, 1.165) is 19.0 Å². The fourth-order valence-corrected chi connectivity index (χ4v) is 6.22. The molecule has 0 saturated heterocycles. The Morgan fingerprint density at radius 3 is 2.29 bits per heavy atom. The van der Waals surface area contributed by atoms with Gasteiger partial charge in [-0.05, 0) is 76.6 Å². The molecule has 3 rings (SSSR count). The predicted molar refractivity (Wildman–Crippen MR) is 107 cm³/mol. The summed E-state index contributed by atoms with van der Waals surface area (Å²) in [6, 6.07) is 10.4. The zero-order valence-corrected chi connectivity index (χ0v) is 17.9. The number of hydrogen-bond donors (Lipinski definition) is 0. The van der Waals surface area contributed by atoms with E-state index in [9.17, 15) is 8.42 Å². The summed E-state index contributed by atoms with van der Waals surface area (Å²) in [5, 5.41) is 0.836. The summed E-state index contributed by atoms with van der Waals surface area (Å²) < 4.78 is 34.7. The molecule has 0 fully saturated rings. The highest BCUT2D eigenvalue weighted by Gasteiger charge is 2.26. The van der Waals surface area contributed by atoms with Crippen molar-refractivity contribution in [1.82, 2.24) is 3.97 Å². The Kier molecular flexibility index (Phi) is 4.69. The molecule has 0 aliphatic heterocycles. The van der Waals surface area contributed by atoms with E-state index >= 15 is 0 Å². The summed E-state index contributed by atoms with van der Waals surface area (Å²) in [7, 11) is -2.08. The highest BCUT2D eigenvalue weighted by atomic mass is 127. The monoisotopic (exact) mass is 519 g/mol. The fraction of sp³-hybridized carbons (Fsp3) is 0.176. The average Bonchev–Trinajstić information content (AvgIpc) is 2.80. The van der Waals surface area contributed by atoms with E-state index in [1.807, 2.05) is 6.92 Å². The van der Waals surface area contributed by atoms with Gasteiger partial charge in [0, 0.05) is 15.6 Å². The first kappa shape index (κ1) is 17.8. The van der Waals surface area contributed by atoms with Crippen LogP contribution in [0.4, 0.5) is 0 Å². The summed E-state index contributed by atoms with van der Waals surface area (Å²) in [5.41, 5.74) is 2.28. The molecule has 0 N–H and O–H groups in total. The number of benzene rings is 2. The molecule has 0 aliphatic carbocycles. The van der Waals surface area contributed by atoms with E-state index in [2.05, 4.69) is 38.5 Å². The molecule has 1 heterocycles. The van der Waals surface area contributed by atoms with Gasteiger partial charge in [-0.15, -0.1) is 0 Å². The molecule has 0 radical (unpaired) electrons. The van der Waals surface area contributed by atoms with Crippen LogP contribution in [-0.2, 0) is 10.0 Å². The van der Waals surface area contributed by atoms with Crippen LogP contribution in [0.1, 0.15) is 11.3 Å². The van der Waals surface area contributed by atoms with Crippen molar-refractivity contribution in [2.45, 2.75) is 18.7 Å². The van der Waals surface area contributed by atoms with Crippen LogP contribution < -0.4 is 4.74 Å². The molecule has 0 spiro atoms. The minimum atomic E-state index is -3.69. The summed E-state index contributed by atoms with van der Waals surface area (Å²) in [6.45, 7) is 3.72. The zero-order chi connectivity index (χ0) is 17.6. The third-order valence-electron chi connectivity index (χ3n) is 3.92. The van der Waals surface area contributed by atoms with Crippen LogP contribution in [-0.4, -0.2) is 19.5 Å². The smallest absolute Gasteiger partial charge is 0.268 e. The van der Waals surface area contributed by atoms with Gasteiger partial charge in [0.15, 0.2) is 0 Å². The third kappa shape index (κ3) is 2.66. The molecule has 0 amide bonds. The van der Waals surface area contributed by atoms with Gasteiger partial charge < -0.3 is 4.74 Å². The molecule has 24 heavy (non-hydrogen) atoms. The maximum Gasteiger partial charge on any atom is 0.268 e. The number of ether oxygens (including phenoxy) is 1. The van der Waals surface area contributed by atoms with Gasteiger partial charge in [-0.1, -0.05) is 17.7 Å². The van der Waals surface area contributed by atoms with Gasteiger partial charge in [0.25, 0.3) is 10.0 Å². The third-order valence-corrected chi connectivity index (χ3v) is 7.78. The van der Waals surface area contributed by atoms with Crippen molar-refractivity contribution in [1.29, 1.82) is 0 Å². The molecule has 7 heteroatoms. The standard InChI is InChI=1S/C17H15BrINO3S/c1-10-4-6-12(7-5-10)24(21,22)20-11(2)16(18)15-13(20)8-9-14(23-3)17(15)19/h4-9H,1-3H3. The maximum atomic E-state index is 13.2. The molecule has 0 saturated carbocycles. The second-order valence-corrected chi connectivity index (χ2v) is 9.12. The summed E-state index contributed by atoms with van der Waals surface area (Å²) in [4.78, 5) is 0.270. The molecule has 4 nitrogen and oxygen atoms in total. The molecular weight excluding hydrogens is 505 g/mol. The lowest BCUT2D eigenvalue weighted by molar-refractivity contribution is 0.412. The topological polar surface area (TPSA) is 48.3 Å². The van der Waals surface area contributed by atoms with E-state index < -0.39 is 10.0 Å². The van der Waals surface area contributed by atoms with Gasteiger partial charge >= 0.3 is 0 Å². The molecule has 0 unspecified atom stereocenters. The van der Waals surface area contributed by atoms with Crippen molar-refractivity contribution in [2.75, 3.05) is 7.11 Å². The molecule has 126 valence electrons. The van der Waals surface area contributed by atoms with E-state index in [1.54, 1.807) is 50.4 Å². The quantitative estimate of drug-likeness (QED) is 0.464. The Morgan fingerprint density at radius 1 is 1.08 bits per heavy atom. The highest BCUT2D eigenvalue weighted by molar-refractivity contribution is 14.1. The first-order valence-corrected chi connectivity index (χ1v) is 10.5. The number of aromatic nitrogens is 1. The van der Waals surface area contributed by atoms with Crippen LogP contribution in [0.5, 0.6) is 5.75 Å². The van der Waals surface area contributed by atoms with Crippen molar-refractivity contribution in [2.24, 2.45) is 0 Å². The fourth-order valence-electron chi connectivity index (χ4n) is 2.66. The van der Waals surface area contributed by atoms with Crippen LogP contribution in [0.15, 0.2) is 45.8 Å². The number of halogens is 2. The minimum absolute atomic E-state index is 0.270. The van der Waals surface area contributed by atoms with Crippen molar-refractivity contribution in [3.8, 4) is 5.75 Å². The van der Waals surface area contributed by atoms with Gasteiger partial charge in [0.2, 0.25) is 0 Å². The van der Waals surface area contributed by atoms with Gasteiger partial charge in [-0.2, -0.15) is 0 Å². The highest BCUT2D eigenvalue weighted by Crippen LogP contribution is 2.39. The first-order chi connectivity index (χ1) is 11.3. The van der Waals surface area contributed by atoms with Crippen LogP contribution in [0.2, 0.25) is 0 Å². The lowest BCUT2D eigenvalue weighted by atomic mass is 10.2. The largest absolute Gasteiger partial charge is 0.496 e. The molecule has 0 bridgehead atoms. The molecule has 3 aromatic rings. The van der Waals surface area contributed by atoms with E-state index in [1.165, 1.54) is 3.97 Å². The summed E-state index contributed by atoms with van der Waals surface area (Å²) in [5.74, 6) is 0.716. The van der Waals surface area contributed by atoms with Crippen molar-refractivity contribution < 1.29 is 13.2 Å². The van der Waals surface area contributed by atoms with Crippen LogP contribution in [0.25, 0.3) is 10.9 Å². The van der Waals surface area contributed by atoms with Crippen LogP contribution >= 0.6 is 38.5 Å². The second-order valence-electron chi connectivity index (χ2n) is 5.46. The molecular formula is C17H15BrINO3S. The average molecular weight is 520 g/mol. The Labute approximate surface area is 163 Å². The molecule has 0 atom stereocenters. The van der Waals surface area contributed by atoms with Crippen molar-refractivity contribution >= 4 is 59.4 Å². The SMILES string of the molecule is COc1ccc2c(c(Br)c(C)n2S(=O)(=O)c2ccc(C)cc2)c1I. The minimum Gasteiger partial charge on any atom is -0.496 e. The number of hydrogen-bond acceptors (Lipinski definition) is 3. The summed E-state index contributed by atoms with van der Waals surface area (Å²) >= 11 is 5.73. The van der Waals surface area contributed by atoms with E-state index in [4.69, 9.17) is 4.74 Å².